The Kier molecular flexibility index (Phi) is 7.74. The number of rotatable bonds is 6. The van der Waals surface area contributed by atoms with E-state index in [9.17, 15) is 0 Å². The fourth-order valence-corrected chi connectivity index (χ4v) is 13.2. The molecule has 4 aromatic heterocycles. The van der Waals surface area contributed by atoms with Crippen molar-refractivity contribution in [3.63, 3.8) is 0 Å². The summed E-state index contributed by atoms with van der Waals surface area (Å²) in [6.45, 7) is 4.26. The lowest BCUT2D eigenvalue weighted by Crippen LogP contribution is -1.75. The maximum absolute atomic E-state index is 2.39. The second kappa shape index (κ2) is 12.6. The van der Waals surface area contributed by atoms with Crippen LogP contribution < -0.4 is 0 Å². The minimum Gasteiger partial charge on any atom is -0.134 e. The van der Waals surface area contributed by atoms with Gasteiger partial charge in [-0.2, -0.15) is 0 Å². The molecule has 0 aliphatic rings. The Bertz CT molecular complexity index is 2790. The van der Waals surface area contributed by atoms with E-state index in [1.807, 2.05) is 57.1 Å². The zero-order chi connectivity index (χ0) is 34.1. The van der Waals surface area contributed by atoms with E-state index in [1.165, 1.54) is 102 Å². The predicted octanol–water partition coefficient (Wildman–Crippen LogP) is 16.0. The second-order valence-electron chi connectivity index (χ2n) is 13.1. The minimum atomic E-state index is 1.23. The summed E-state index contributed by atoms with van der Waals surface area (Å²) in [4.78, 5) is 2.58. The number of aryl methyl sites for hydroxylation is 2. The fraction of sp³-hybridized carbons (Fsp3) is 0.0435. The standard InChI is InChI=1S/C46H30S5/c1-27-3-7-29(8-4-27)11-13-31-15-19-35-39(23-31)48-45-37-21-17-33(25-41(37)50-43(35)45)47-34-18-22-38-42(26-34)51-44-36-20-16-32(24-40(36)49-46(38)44)14-12-30-9-5-28(2)6-10-30/h3-26H,1-2H3. The van der Waals surface area contributed by atoms with Crippen LogP contribution in [-0.2, 0) is 0 Å². The number of thiophene rings is 4. The van der Waals surface area contributed by atoms with Gasteiger partial charge in [0.1, 0.15) is 0 Å². The molecule has 0 radical (unpaired) electrons. The van der Waals surface area contributed by atoms with Crippen molar-refractivity contribution in [2.75, 3.05) is 0 Å². The third-order valence-electron chi connectivity index (χ3n) is 9.48. The summed E-state index contributed by atoms with van der Waals surface area (Å²) in [5.41, 5.74) is 7.52. The molecule has 0 atom stereocenters. The maximum atomic E-state index is 2.39. The minimum absolute atomic E-state index is 1.23. The zero-order valence-corrected chi connectivity index (χ0v) is 32.0. The Morgan fingerprint density at radius 3 is 1.06 bits per heavy atom. The highest BCUT2D eigenvalue weighted by atomic mass is 32.2. The highest BCUT2D eigenvalue weighted by molar-refractivity contribution is 7.99. The van der Waals surface area contributed by atoms with Gasteiger partial charge >= 0.3 is 0 Å². The maximum Gasteiger partial charge on any atom is 0.0542 e. The van der Waals surface area contributed by atoms with E-state index in [0.717, 1.165) is 0 Å². The molecule has 0 amide bonds. The van der Waals surface area contributed by atoms with Gasteiger partial charge in [0.05, 0.1) is 18.8 Å². The summed E-state index contributed by atoms with van der Waals surface area (Å²) in [6.07, 6.45) is 8.85. The van der Waals surface area contributed by atoms with Gasteiger partial charge < -0.3 is 0 Å². The summed E-state index contributed by atoms with van der Waals surface area (Å²) in [7, 11) is 0. The van der Waals surface area contributed by atoms with Gasteiger partial charge in [0, 0.05) is 50.1 Å². The number of hydrogen-bond donors (Lipinski definition) is 0. The molecular formula is C46H30S5. The first-order valence-corrected chi connectivity index (χ1v) is 21.0. The number of benzene rings is 6. The average molecular weight is 743 g/mol. The van der Waals surface area contributed by atoms with Crippen molar-refractivity contribution in [1.82, 2.24) is 0 Å². The molecule has 0 N–H and O–H groups in total. The molecule has 51 heavy (non-hydrogen) atoms. The van der Waals surface area contributed by atoms with Crippen LogP contribution in [0.3, 0.4) is 0 Å². The Morgan fingerprint density at radius 1 is 0.353 bits per heavy atom. The highest BCUT2D eigenvalue weighted by Gasteiger charge is 2.15. The van der Waals surface area contributed by atoms with Gasteiger partial charge in [-0.1, -0.05) is 132 Å². The summed E-state index contributed by atoms with van der Waals surface area (Å²) < 4.78 is 11.1. The van der Waals surface area contributed by atoms with Gasteiger partial charge in [-0.05, 0) is 72.5 Å². The molecule has 0 nitrogen and oxygen atoms in total. The van der Waals surface area contributed by atoms with E-state index in [4.69, 9.17) is 0 Å². The topological polar surface area (TPSA) is 0 Å². The summed E-state index contributed by atoms with van der Waals surface area (Å²) in [5, 5.41) is 5.46. The quantitative estimate of drug-likeness (QED) is 0.153. The monoisotopic (exact) mass is 742 g/mol. The van der Waals surface area contributed by atoms with Crippen molar-refractivity contribution in [2.24, 2.45) is 0 Å². The van der Waals surface area contributed by atoms with E-state index < -0.39 is 0 Å². The van der Waals surface area contributed by atoms with Crippen LogP contribution in [0, 0.1) is 13.8 Å². The first kappa shape index (κ1) is 31.3. The van der Waals surface area contributed by atoms with Crippen LogP contribution in [0.25, 0.3) is 83.4 Å². The lowest BCUT2D eigenvalue weighted by molar-refractivity contribution is 1.46. The van der Waals surface area contributed by atoms with E-state index in [1.54, 1.807) is 0 Å². The molecule has 10 aromatic rings. The van der Waals surface area contributed by atoms with Gasteiger partial charge in [-0.3, -0.25) is 0 Å². The van der Waals surface area contributed by atoms with Gasteiger partial charge in [0.25, 0.3) is 0 Å². The normalized spacial score (nSPS) is 12.4. The van der Waals surface area contributed by atoms with Crippen molar-refractivity contribution in [2.45, 2.75) is 23.6 Å². The van der Waals surface area contributed by atoms with Crippen LogP contribution in [0.5, 0.6) is 0 Å². The van der Waals surface area contributed by atoms with Crippen molar-refractivity contribution >= 4 is 141 Å². The van der Waals surface area contributed by atoms with Crippen molar-refractivity contribution < 1.29 is 0 Å². The molecule has 0 unspecified atom stereocenters. The lowest BCUT2D eigenvalue weighted by atomic mass is 10.1. The summed E-state index contributed by atoms with van der Waals surface area (Å²) in [5.74, 6) is 0. The molecule has 0 aliphatic heterocycles. The third-order valence-corrected chi connectivity index (χ3v) is 15.5. The van der Waals surface area contributed by atoms with Gasteiger partial charge in [0.15, 0.2) is 0 Å². The van der Waals surface area contributed by atoms with Crippen LogP contribution >= 0.6 is 57.1 Å². The molecule has 5 heteroatoms. The summed E-state index contributed by atoms with van der Waals surface area (Å²) >= 11 is 9.57. The van der Waals surface area contributed by atoms with E-state index >= 15 is 0 Å². The molecule has 0 saturated carbocycles. The van der Waals surface area contributed by atoms with E-state index in [0.29, 0.717) is 0 Å². The molecule has 0 fully saturated rings. The average Bonchev–Trinajstić information content (AvgIpc) is 3.88. The molecule has 244 valence electrons. The fourth-order valence-electron chi connectivity index (χ4n) is 6.72. The van der Waals surface area contributed by atoms with Gasteiger partial charge in [0.2, 0.25) is 0 Å². The van der Waals surface area contributed by atoms with Crippen LogP contribution in [-0.4, -0.2) is 0 Å². The van der Waals surface area contributed by atoms with E-state index in [2.05, 4.69) is 159 Å². The van der Waals surface area contributed by atoms with Crippen LogP contribution in [0.1, 0.15) is 33.4 Å². The highest BCUT2D eigenvalue weighted by Crippen LogP contribution is 2.48. The molecule has 4 heterocycles. The Morgan fingerprint density at radius 2 is 0.667 bits per heavy atom. The first-order valence-electron chi connectivity index (χ1n) is 17.0. The Labute approximate surface area is 316 Å². The molecule has 0 spiro atoms. The van der Waals surface area contributed by atoms with Crippen LogP contribution in [0.4, 0.5) is 0 Å². The smallest absolute Gasteiger partial charge is 0.0542 e. The molecule has 0 aliphatic carbocycles. The molecular weight excluding hydrogens is 713 g/mol. The van der Waals surface area contributed by atoms with Crippen LogP contribution in [0.2, 0.25) is 0 Å². The SMILES string of the molecule is Cc1ccc(C=Cc2ccc3c(c2)sc2c4ccc(Sc5ccc6c(c5)sc5c7ccc(C=Cc8ccc(C)cc8)cc7sc65)cc4sc32)cc1. The second-order valence-corrected chi connectivity index (χ2v) is 18.5. The zero-order valence-electron chi connectivity index (χ0n) is 27.9. The van der Waals surface area contributed by atoms with Crippen LogP contribution in [0.15, 0.2) is 131 Å². The molecule has 0 bridgehead atoms. The molecule has 10 rings (SSSR count). The van der Waals surface area contributed by atoms with Crippen molar-refractivity contribution in [3.05, 3.63) is 155 Å². The van der Waals surface area contributed by atoms with Crippen molar-refractivity contribution in [3.8, 4) is 0 Å². The van der Waals surface area contributed by atoms with E-state index in [-0.39, 0.29) is 0 Å². The van der Waals surface area contributed by atoms with Gasteiger partial charge in [-0.15, -0.1) is 45.3 Å². The van der Waals surface area contributed by atoms with Gasteiger partial charge in [-0.25, -0.2) is 0 Å². The number of fused-ring (bicyclic) bond motifs is 10. The molecule has 0 saturated heterocycles. The lowest BCUT2D eigenvalue weighted by Gasteiger charge is -2.03. The first-order chi connectivity index (χ1) is 25.0. The summed E-state index contributed by atoms with van der Waals surface area (Å²) in [6, 6.07) is 45.2. The largest absolute Gasteiger partial charge is 0.134 e. The Balaban J connectivity index is 0.904. The predicted molar refractivity (Wildman–Crippen MR) is 234 cm³/mol. The van der Waals surface area contributed by atoms with Crippen molar-refractivity contribution in [1.29, 1.82) is 0 Å². The third kappa shape index (κ3) is 5.84. The number of hydrogen-bond acceptors (Lipinski definition) is 5. The Hall–Kier alpha value is -4.49. The molecule has 6 aromatic carbocycles.